The molecule has 0 radical (unpaired) electrons. The number of ketones is 1. The molecule has 17 nitrogen and oxygen atoms in total. The number of esters is 2. The Morgan fingerprint density at radius 2 is 1.76 bits per heavy atom. The molecule has 17 heteroatoms. The number of methoxy groups -OCH3 is 1. The van der Waals surface area contributed by atoms with Crippen LogP contribution in [0.4, 0.5) is 5.69 Å². The fourth-order valence-electron chi connectivity index (χ4n) is 15.9. The number of carbonyl (C=O) groups is 4. The van der Waals surface area contributed by atoms with Crippen molar-refractivity contribution in [3.05, 3.63) is 76.5 Å². The number of hydrogen-bond donors (Lipinski definition) is 6. The van der Waals surface area contributed by atoms with Gasteiger partial charge in [0.15, 0.2) is 17.7 Å². The number of aromatic nitrogens is 1. The van der Waals surface area contributed by atoms with Gasteiger partial charge in [-0.25, -0.2) is 4.79 Å². The van der Waals surface area contributed by atoms with Crippen LogP contribution in [0.15, 0.2) is 48.6 Å². The van der Waals surface area contributed by atoms with Gasteiger partial charge in [-0.2, -0.15) is 0 Å². The molecular weight excluding hydrogens is 1010 g/mol. The van der Waals surface area contributed by atoms with Gasteiger partial charge in [-0.05, 0) is 138 Å². The van der Waals surface area contributed by atoms with Crippen LogP contribution in [0.1, 0.15) is 152 Å². The maximum Gasteiger partial charge on any atom is 0.328 e. The van der Waals surface area contributed by atoms with E-state index in [-0.39, 0.29) is 63.8 Å². The molecule has 6 heterocycles. The summed E-state index contributed by atoms with van der Waals surface area (Å²) < 4.78 is 21.5. The number of Topliss-reactive ketones (excluding diaryl/α,β-unsaturated/α-hetero) is 1. The van der Waals surface area contributed by atoms with Crippen LogP contribution in [0.2, 0.25) is 0 Å². The molecule has 6 N–H and O–H groups in total. The number of carbonyl (C=O) groups excluding carboxylic acids is 4. The van der Waals surface area contributed by atoms with Crippen LogP contribution in [-0.4, -0.2) is 173 Å². The van der Waals surface area contributed by atoms with E-state index in [0.29, 0.717) is 38.8 Å². The van der Waals surface area contributed by atoms with E-state index in [1.807, 2.05) is 14.0 Å². The third-order valence-electron chi connectivity index (χ3n) is 19.7. The van der Waals surface area contributed by atoms with Gasteiger partial charge < -0.3 is 54.6 Å². The molecule has 2 aromatic carbocycles. The van der Waals surface area contributed by atoms with Crippen molar-refractivity contribution in [2.24, 2.45) is 11.3 Å². The smallest absolute Gasteiger partial charge is 0.328 e. The minimum Gasteiger partial charge on any atom is -0.464 e. The number of para-hydroxylation sites is 1. The number of likely N-dealkylation sites (N-methyl/N-ethyl adjacent to an activating group) is 1. The summed E-state index contributed by atoms with van der Waals surface area (Å²) in [5.41, 5.74) is 3.02. The predicted octanol–water partition coefficient (Wildman–Crippen LogP) is 6.26. The highest BCUT2D eigenvalue weighted by Gasteiger charge is 2.77. The minimum atomic E-state index is -2.17. The van der Waals surface area contributed by atoms with Gasteiger partial charge in [0.1, 0.15) is 18.8 Å². The van der Waals surface area contributed by atoms with Crippen LogP contribution >= 0.6 is 0 Å². The fraction of sp³-hybridized carbons (Fsp3) is 0.677. The van der Waals surface area contributed by atoms with Gasteiger partial charge in [0.2, 0.25) is 5.91 Å². The van der Waals surface area contributed by atoms with E-state index < -0.39 is 81.8 Å². The van der Waals surface area contributed by atoms with E-state index >= 15 is 4.79 Å². The van der Waals surface area contributed by atoms with Gasteiger partial charge >= 0.3 is 11.9 Å². The number of nitrogens with zero attached hydrogens (tertiary/aromatic N) is 3. The number of unbranched alkanes of at least 4 members (excludes halogenated alkanes) is 1. The summed E-state index contributed by atoms with van der Waals surface area (Å²) in [4.78, 5) is 64.4. The molecular formula is C62H89N5O12. The van der Waals surface area contributed by atoms with Crippen LogP contribution in [0.25, 0.3) is 10.9 Å². The quantitative estimate of drug-likeness (QED) is 0.0283. The highest BCUT2D eigenvalue weighted by molar-refractivity contribution is 5.92. The number of anilines is 1. The van der Waals surface area contributed by atoms with Crippen LogP contribution in [0.5, 0.6) is 0 Å². The molecule has 1 aromatic heterocycles. The average Bonchev–Trinajstić information content (AvgIpc) is 1.98. The molecule has 1 amide bonds. The Kier molecular flexibility index (Phi) is 17.6. The van der Waals surface area contributed by atoms with E-state index in [2.05, 4.69) is 101 Å². The third-order valence-corrected chi connectivity index (χ3v) is 19.7. The first-order valence-corrected chi connectivity index (χ1v) is 29.5. The number of aliphatic hydroxyl groups excluding tert-OH is 2. The zero-order chi connectivity index (χ0) is 56.7. The molecule has 3 aromatic rings. The summed E-state index contributed by atoms with van der Waals surface area (Å²) in [6, 6.07) is 11.6. The summed E-state index contributed by atoms with van der Waals surface area (Å²) in [5, 5.41) is 52.0. The van der Waals surface area contributed by atoms with Crippen molar-refractivity contribution in [2.75, 3.05) is 71.6 Å². The summed E-state index contributed by atoms with van der Waals surface area (Å²) in [7, 11) is 3.39. The number of benzene rings is 2. The number of hydrogen-bond acceptors (Lipinski definition) is 15. The van der Waals surface area contributed by atoms with Gasteiger partial charge in [-0.1, -0.05) is 57.2 Å². The lowest BCUT2D eigenvalue weighted by Gasteiger charge is -2.67. The van der Waals surface area contributed by atoms with E-state index in [4.69, 9.17) is 18.9 Å². The second kappa shape index (κ2) is 23.6. The van der Waals surface area contributed by atoms with Crippen LogP contribution in [0.3, 0.4) is 0 Å². The Morgan fingerprint density at radius 1 is 0.975 bits per heavy atom. The van der Waals surface area contributed by atoms with E-state index in [0.717, 1.165) is 74.1 Å². The largest absolute Gasteiger partial charge is 0.464 e. The Labute approximate surface area is 466 Å². The van der Waals surface area contributed by atoms with Gasteiger partial charge in [-0.15, -0.1) is 0 Å². The normalized spacial score (nSPS) is 32.1. The van der Waals surface area contributed by atoms with Gasteiger partial charge in [0, 0.05) is 104 Å². The number of nitrogens with one attached hydrogen (secondary N) is 2. The average molecular weight is 1100 g/mol. The number of rotatable bonds is 22. The molecule has 1 spiro atoms. The van der Waals surface area contributed by atoms with Crippen LogP contribution in [0, 0.1) is 18.3 Å². The van der Waals surface area contributed by atoms with Crippen molar-refractivity contribution < 1.29 is 58.6 Å². The van der Waals surface area contributed by atoms with Crippen LogP contribution in [-0.2, 0) is 50.0 Å². The molecule has 6 aliphatic rings. The lowest BCUT2D eigenvalue weighted by Crippen LogP contribution is -2.81. The van der Waals surface area contributed by atoms with E-state index in [1.165, 1.54) is 36.2 Å². The van der Waals surface area contributed by atoms with E-state index in [9.17, 15) is 34.8 Å². The summed E-state index contributed by atoms with van der Waals surface area (Å²) in [5.74, 6) is -2.18. The monoisotopic (exact) mass is 1100 g/mol. The summed E-state index contributed by atoms with van der Waals surface area (Å²) in [6.45, 7) is 15.8. The molecule has 13 atom stereocenters. The number of fused-ring (bicyclic) bond motifs is 8. The van der Waals surface area contributed by atoms with Gasteiger partial charge in [-0.3, -0.25) is 24.2 Å². The van der Waals surface area contributed by atoms with Gasteiger partial charge in [0.25, 0.3) is 0 Å². The second-order valence-electron chi connectivity index (χ2n) is 24.3. The molecule has 2 saturated heterocycles. The van der Waals surface area contributed by atoms with Crippen molar-refractivity contribution in [3.63, 3.8) is 0 Å². The molecule has 9 unspecified atom stereocenters. The molecule has 1 saturated carbocycles. The molecule has 434 valence electrons. The highest BCUT2D eigenvalue weighted by Crippen LogP contribution is 2.69. The number of aromatic amines is 1. The topological polar surface area (TPSA) is 224 Å². The standard InChI is InChI=1S/C62H89N5O12/c1-9-42(36-68)79-52(76-8)37-78-51(71)23-16-22-50(70)63-40(5)56(72)77-30-15-14-21-49(69)62(75)55-53(61-26-18-28-67(61)27-17-25-60(61,11-3)57(62)73)45-32-46(39(4)31-48(45)65(55)7)58(6)33-41-34-59(74,10-2)38-66(35-41)29-24-44-43-19-12-13-20-47(43)64-54(44)58/h12-13,17,19-20,25,31-32,40-42,52-53,55,57,64,68,73-75H,9-11,14-16,18,21-24,26-30,33-38H2,1-8H3,(H,63,70)/t40?,41?,42?,52?,53?,55?,57-,58-,59?,60+,61?,62+/m1/s1. The first-order valence-electron chi connectivity index (χ1n) is 29.5. The summed E-state index contributed by atoms with van der Waals surface area (Å²) >= 11 is 0. The molecule has 9 rings (SSSR count). The highest BCUT2D eigenvalue weighted by atomic mass is 16.7. The second-order valence-corrected chi connectivity index (χ2v) is 24.3. The van der Waals surface area contributed by atoms with E-state index in [1.54, 1.807) is 0 Å². The molecule has 3 fully saturated rings. The Bertz CT molecular complexity index is 2740. The lowest BCUT2D eigenvalue weighted by atomic mass is 9.45. The van der Waals surface area contributed by atoms with Crippen molar-refractivity contribution >= 4 is 40.2 Å². The first-order chi connectivity index (χ1) is 37.8. The number of amides is 1. The predicted molar refractivity (Wildman–Crippen MR) is 301 cm³/mol. The Balaban J connectivity index is 0.922. The fourth-order valence-corrected chi connectivity index (χ4v) is 15.9. The van der Waals surface area contributed by atoms with Crippen molar-refractivity contribution in [2.45, 2.75) is 190 Å². The summed E-state index contributed by atoms with van der Waals surface area (Å²) in [6.07, 6.45) is 8.11. The van der Waals surface area contributed by atoms with Crippen molar-refractivity contribution in [3.8, 4) is 0 Å². The first kappa shape index (κ1) is 58.9. The number of aryl methyl sites for hydroxylation is 1. The zero-order valence-electron chi connectivity index (χ0n) is 48.1. The molecule has 2 bridgehead atoms. The lowest BCUT2D eigenvalue weighted by molar-refractivity contribution is -0.216. The Hall–Kier alpha value is -4.72. The zero-order valence-corrected chi connectivity index (χ0v) is 48.1. The van der Waals surface area contributed by atoms with Crippen LogP contribution < -0.4 is 10.2 Å². The minimum absolute atomic E-state index is 0.0186. The number of ether oxygens (including phenoxy) is 4. The van der Waals surface area contributed by atoms with Gasteiger partial charge in [0.05, 0.1) is 31.0 Å². The van der Waals surface area contributed by atoms with Crippen molar-refractivity contribution in [1.29, 1.82) is 0 Å². The van der Waals surface area contributed by atoms with Crippen molar-refractivity contribution in [1.82, 2.24) is 20.1 Å². The molecule has 5 aliphatic heterocycles. The number of piperidine rings is 1. The number of aliphatic hydroxyl groups is 4. The SMILES string of the molecule is CCC(CO)OC(COC(=O)CCCC(=O)NC(C)C(=O)OCCCCC(=O)[C@]1(O)C2C(c3cc([C@@]4(C)CC5CN(CCc6c4[nH]c4ccccc64)CC(O)(CC)C5)c(C)cc3N2C)C23CCCN2CC=C[C@@]3(CC)[C@H]1O)OC. The maximum absolute atomic E-state index is 15.2. The third kappa shape index (κ3) is 10.5. The molecule has 79 heavy (non-hydrogen) atoms. The molecule has 1 aliphatic carbocycles. The number of H-pyrrole nitrogens is 1. The Morgan fingerprint density at radius 3 is 2.49 bits per heavy atom. The maximum atomic E-state index is 15.2.